The number of piperidine rings is 1. The van der Waals surface area contributed by atoms with Crippen molar-refractivity contribution >= 4 is 6.03 Å². The van der Waals surface area contributed by atoms with E-state index in [2.05, 4.69) is 29.0 Å². The Morgan fingerprint density at radius 2 is 1.85 bits per heavy atom. The van der Waals surface area contributed by atoms with Gasteiger partial charge in [-0.15, -0.1) is 0 Å². The Balaban J connectivity index is 1.93. The molecule has 1 N–H and O–H groups in total. The van der Waals surface area contributed by atoms with Crippen LogP contribution >= 0.6 is 0 Å². The molecule has 2 aliphatic rings. The van der Waals surface area contributed by atoms with Crippen molar-refractivity contribution in [3.63, 3.8) is 0 Å². The van der Waals surface area contributed by atoms with Crippen LogP contribution < -0.4 is 5.32 Å². The van der Waals surface area contributed by atoms with Gasteiger partial charge in [0.15, 0.2) is 0 Å². The Labute approximate surface area is 123 Å². The summed E-state index contributed by atoms with van der Waals surface area (Å²) in [5.74, 6) is 0. The molecule has 2 rings (SSSR count). The molecule has 1 unspecified atom stereocenters. The summed E-state index contributed by atoms with van der Waals surface area (Å²) in [5.41, 5.74) is 0. The molecule has 116 valence electrons. The number of amides is 2. The first-order valence-electron chi connectivity index (χ1n) is 8.47. The molecule has 2 fully saturated rings. The lowest BCUT2D eigenvalue weighted by Crippen LogP contribution is -2.52. The van der Waals surface area contributed by atoms with E-state index in [1.54, 1.807) is 0 Å². The van der Waals surface area contributed by atoms with E-state index in [0.29, 0.717) is 6.04 Å². The van der Waals surface area contributed by atoms with Crippen molar-refractivity contribution in [2.45, 2.75) is 70.9 Å². The van der Waals surface area contributed by atoms with Crippen LogP contribution in [0.1, 0.15) is 58.8 Å². The van der Waals surface area contributed by atoms with E-state index in [-0.39, 0.29) is 12.1 Å². The van der Waals surface area contributed by atoms with E-state index in [0.717, 1.165) is 26.2 Å². The minimum Gasteiger partial charge on any atom is -0.325 e. The van der Waals surface area contributed by atoms with Gasteiger partial charge in [-0.1, -0.05) is 19.3 Å². The standard InChI is InChI=1S/C16H31N3O/c1-14(2)19(13-15-9-5-6-10-17-15)16(20)18-11-7-3-4-8-12-18/h14-15,17H,3-13H2,1-2H3. The van der Waals surface area contributed by atoms with Crippen molar-refractivity contribution in [2.24, 2.45) is 0 Å². The summed E-state index contributed by atoms with van der Waals surface area (Å²) in [7, 11) is 0. The Morgan fingerprint density at radius 3 is 2.40 bits per heavy atom. The average molecular weight is 281 g/mol. The molecule has 0 radical (unpaired) electrons. The quantitative estimate of drug-likeness (QED) is 0.863. The monoisotopic (exact) mass is 281 g/mol. The fourth-order valence-electron chi connectivity index (χ4n) is 3.27. The summed E-state index contributed by atoms with van der Waals surface area (Å²) in [4.78, 5) is 16.9. The Bertz CT molecular complexity index is 292. The van der Waals surface area contributed by atoms with E-state index in [1.165, 1.54) is 44.9 Å². The molecule has 0 aromatic carbocycles. The molecule has 1 atom stereocenters. The third-order valence-corrected chi connectivity index (χ3v) is 4.58. The van der Waals surface area contributed by atoms with Crippen LogP contribution in [0, 0.1) is 0 Å². The maximum absolute atomic E-state index is 12.8. The van der Waals surface area contributed by atoms with Gasteiger partial charge >= 0.3 is 6.03 Å². The summed E-state index contributed by atoms with van der Waals surface area (Å²) in [5, 5.41) is 3.56. The fourth-order valence-corrected chi connectivity index (χ4v) is 3.27. The van der Waals surface area contributed by atoms with Crippen LogP contribution in [0.3, 0.4) is 0 Å². The summed E-state index contributed by atoms with van der Waals surface area (Å²) >= 11 is 0. The number of likely N-dealkylation sites (tertiary alicyclic amines) is 1. The van der Waals surface area contributed by atoms with Crippen molar-refractivity contribution in [1.82, 2.24) is 15.1 Å². The SMILES string of the molecule is CC(C)N(CC1CCCCN1)C(=O)N1CCCCCC1. The molecule has 0 aromatic rings. The van der Waals surface area contributed by atoms with Gasteiger partial charge in [0.05, 0.1) is 0 Å². The molecule has 2 heterocycles. The van der Waals surface area contributed by atoms with Gasteiger partial charge in [-0.2, -0.15) is 0 Å². The molecule has 2 amide bonds. The van der Waals surface area contributed by atoms with Gasteiger partial charge in [-0.25, -0.2) is 4.79 Å². The Kier molecular flexibility index (Phi) is 6.14. The average Bonchev–Trinajstić information content (AvgIpc) is 2.74. The number of nitrogens with one attached hydrogen (secondary N) is 1. The number of rotatable bonds is 3. The molecule has 0 bridgehead atoms. The second-order valence-corrected chi connectivity index (χ2v) is 6.58. The van der Waals surface area contributed by atoms with Crippen LogP contribution in [0.4, 0.5) is 4.79 Å². The maximum atomic E-state index is 12.8. The molecule has 4 heteroatoms. The highest BCUT2D eigenvalue weighted by Crippen LogP contribution is 2.15. The van der Waals surface area contributed by atoms with Crippen LogP contribution in [-0.2, 0) is 0 Å². The van der Waals surface area contributed by atoms with Crippen LogP contribution in [0.15, 0.2) is 0 Å². The third-order valence-electron chi connectivity index (χ3n) is 4.58. The zero-order valence-corrected chi connectivity index (χ0v) is 13.2. The van der Waals surface area contributed by atoms with Gasteiger partial charge in [-0.05, 0) is 46.1 Å². The summed E-state index contributed by atoms with van der Waals surface area (Å²) < 4.78 is 0. The smallest absolute Gasteiger partial charge is 0.320 e. The summed E-state index contributed by atoms with van der Waals surface area (Å²) in [6.45, 7) is 8.14. The maximum Gasteiger partial charge on any atom is 0.320 e. The van der Waals surface area contributed by atoms with E-state index >= 15 is 0 Å². The van der Waals surface area contributed by atoms with Crippen LogP contribution in [0.2, 0.25) is 0 Å². The first-order valence-corrected chi connectivity index (χ1v) is 8.47. The number of nitrogens with zero attached hydrogens (tertiary/aromatic N) is 2. The first kappa shape index (κ1) is 15.6. The molecular weight excluding hydrogens is 250 g/mol. The van der Waals surface area contributed by atoms with Crippen LogP contribution in [-0.4, -0.2) is 54.1 Å². The molecule has 20 heavy (non-hydrogen) atoms. The molecular formula is C16H31N3O. The number of carbonyl (C=O) groups is 1. The number of urea groups is 1. The predicted molar refractivity (Wildman–Crippen MR) is 82.9 cm³/mol. The molecule has 0 aliphatic carbocycles. The molecule has 4 nitrogen and oxygen atoms in total. The van der Waals surface area contributed by atoms with Gasteiger partial charge in [0.25, 0.3) is 0 Å². The van der Waals surface area contributed by atoms with E-state index < -0.39 is 0 Å². The van der Waals surface area contributed by atoms with E-state index in [4.69, 9.17) is 0 Å². The zero-order valence-electron chi connectivity index (χ0n) is 13.2. The second kappa shape index (κ2) is 7.87. The van der Waals surface area contributed by atoms with Crippen molar-refractivity contribution in [3.05, 3.63) is 0 Å². The summed E-state index contributed by atoms with van der Waals surface area (Å²) in [6.07, 6.45) is 8.65. The molecule has 0 saturated carbocycles. The normalized spacial score (nSPS) is 24.6. The molecule has 2 saturated heterocycles. The number of hydrogen-bond acceptors (Lipinski definition) is 2. The van der Waals surface area contributed by atoms with Gasteiger partial charge in [0.2, 0.25) is 0 Å². The van der Waals surface area contributed by atoms with E-state index in [9.17, 15) is 4.79 Å². The van der Waals surface area contributed by atoms with Gasteiger partial charge < -0.3 is 15.1 Å². The van der Waals surface area contributed by atoms with Gasteiger partial charge in [0.1, 0.15) is 0 Å². The van der Waals surface area contributed by atoms with Crippen LogP contribution in [0.25, 0.3) is 0 Å². The highest BCUT2D eigenvalue weighted by Gasteiger charge is 2.26. The first-order chi connectivity index (χ1) is 9.68. The minimum atomic E-state index is 0.259. The van der Waals surface area contributed by atoms with Crippen LogP contribution in [0.5, 0.6) is 0 Å². The van der Waals surface area contributed by atoms with Crippen molar-refractivity contribution in [1.29, 1.82) is 0 Å². The number of carbonyl (C=O) groups excluding carboxylic acids is 1. The highest BCUT2D eigenvalue weighted by atomic mass is 16.2. The molecule has 0 spiro atoms. The molecule has 0 aromatic heterocycles. The summed E-state index contributed by atoms with van der Waals surface area (Å²) in [6, 6.07) is 1.03. The van der Waals surface area contributed by atoms with E-state index in [1.807, 2.05) is 0 Å². The molecule has 2 aliphatic heterocycles. The van der Waals surface area contributed by atoms with Crippen molar-refractivity contribution < 1.29 is 4.79 Å². The topological polar surface area (TPSA) is 35.6 Å². The highest BCUT2D eigenvalue weighted by molar-refractivity contribution is 5.74. The lowest BCUT2D eigenvalue weighted by molar-refractivity contribution is 0.132. The Hall–Kier alpha value is -0.770. The lowest BCUT2D eigenvalue weighted by atomic mass is 10.0. The zero-order chi connectivity index (χ0) is 14.4. The largest absolute Gasteiger partial charge is 0.325 e. The lowest BCUT2D eigenvalue weighted by Gasteiger charge is -2.36. The number of hydrogen-bond donors (Lipinski definition) is 1. The second-order valence-electron chi connectivity index (χ2n) is 6.58. The van der Waals surface area contributed by atoms with Gasteiger partial charge in [0, 0.05) is 31.7 Å². The fraction of sp³-hybridized carbons (Fsp3) is 0.938. The minimum absolute atomic E-state index is 0.259. The Morgan fingerprint density at radius 1 is 1.15 bits per heavy atom. The third kappa shape index (κ3) is 4.37. The van der Waals surface area contributed by atoms with Gasteiger partial charge in [-0.3, -0.25) is 0 Å². The van der Waals surface area contributed by atoms with Crippen molar-refractivity contribution in [2.75, 3.05) is 26.2 Å². The van der Waals surface area contributed by atoms with Crippen molar-refractivity contribution in [3.8, 4) is 0 Å². The predicted octanol–water partition coefficient (Wildman–Crippen LogP) is 2.83.